The fraction of sp³-hybridized carbons (Fsp3) is 0.412. The number of likely N-dealkylation sites (tertiary alicyclic amines) is 1. The summed E-state index contributed by atoms with van der Waals surface area (Å²) in [6.45, 7) is 1.08. The number of carbonyl (C=O) groups excluding carboxylic acids is 1. The lowest BCUT2D eigenvalue weighted by Crippen LogP contribution is -2.41. The minimum Gasteiger partial charge on any atom is -0.340 e. The maximum atomic E-state index is 13.1. The molecule has 0 radical (unpaired) electrons. The fourth-order valence-corrected chi connectivity index (χ4v) is 3.14. The molecule has 1 aliphatic heterocycles. The van der Waals surface area contributed by atoms with Crippen molar-refractivity contribution in [2.75, 3.05) is 13.1 Å². The van der Waals surface area contributed by atoms with Gasteiger partial charge in [-0.25, -0.2) is 4.98 Å². The molecule has 24 heavy (non-hydrogen) atoms. The van der Waals surface area contributed by atoms with Crippen LogP contribution in [0.2, 0.25) is 0 Å². The second-order valence-electron chi connectivity index (χ2n) is 5.98. The highest BCUT2D eigenvalue weighted by Gasteiger charge is 2.34. The Labute approximate surface area is 137 Å². The van der Waals surface area contributed by atoms with Crippen LogP contribution in [0.1, 0.15) is 30.0 Å². The minimum absolute atomic E-state index is 0.0276. The first-order chi connectivity index (χ1) is 11.4. The smallest absolute Gasteiger partial charge is 0.340 e. The third-order valence-electron chi connectivity index (χ3n) is 4.36. The number of carbonyl (C=O) groups is 1. The van der Waals surface area contributed by atoms with Gasteiger partial charge in [0.2, 0.25) is 5.91 Å². The minimum atomic E-state index is -4.45. The maximum Gasteiger partial charge on any atom is 0.416 e. The lowest BCUT2D eigenvalue weighted by atomic mass is 10.0. The van der Waals surface area contributed by atoms with E-state index in [9.17, 15) is 18.0 Å². The molecule has 1 aromatic heterocycles. The highest BCUT2D eigenvalue weighted by molar-refractivity contribution is 5.79. The number of alkyl halides is 3. The Hall–Kier alpha value is -2.31. The Bertz CT molecular complexity index is 697. The van der Waals surface area contributed by atoms with E-state index in [1.807, 2.05) is 10.8 Å². The topological polar surface area (TPSA) is 38.1 Å². The monoisotopic (exact) mass is 337 g/mol. The number of imidazole rings is 1. The average Bonchev–Trinajstić information content (AvgIpc) is 3.09. The molecule has 0 N–H and O–H groups in total. The van der Waals surface area contributed by atoms with E-state index in [0.717, 1.165) is 18.9 Å². The van der Waals surface area contributed by atoms with Gasteiger partial charge in [-0.3, -0.25) is 4.79 Å². The van der Waals surface area contributed by atoms with Gasteiger partial charge in [-0.15, -0.1) is 0 Å². The molecule has 0 aliphatic carbocycles. The van der Waals surface area contributed by atoms with Gasteiger partial charge in [0.05, 0.1) is 24.4 Å². The number of halogens is 3. The zero-order chi connectivity index (χ0) is 17.2. The first-order valence-corrected chi connectivity index (χ1v) is 7.85. The molecule has 0 spiro atoms. The number of amides is 1. The molecule has 1 saturated heterocycles. The van der Waals surface area contributed by atoms with Gasteiger partial charge in [-0.2, -0.15) is 13.2 Å². The molecule has 4 nitrogen and oxygen atoms in total. The van der Waals surface area contributed by atoms with Crippen LogP contribution in [0.25, 0.3) is 0 Å². The molecule has 2 aromatic rings. The molecule has 1 aromatic carbocycles. The van der Waals surface area contributed by atoms with Crippen LogP contribution in [0, 0.1) is 0 Å². The Morgan fingerprint density at radius 2 is 2.08 bits per heavy atom. The zero-order valence-corrected chi connectivity index (χ0v) is 13.0. The summed E-state index contributed by atoms with van der Waals surface area (Å²) in [6, 6.07) is 5.39. The van der Waals surface area contributed by atoms with E-state index < -0.39 is 11.7 Å². The Morgan fingerprint density at radius 3 is 2.79 bits per heavy atom. The standard InChI is InChI=1S/C17H18F3N3O/c18-17(19,20)15-6-2-1-4-13(15)10-16(24)22-8-3-5-14(11-22)23-9-7-21-12-23/h1-2,4,6-7,9,12,14H,3,5,8,10-11H2. The lowest BCUT2D eigenvalue weighted by molar-refractivity contribution is -0.138. The molecule has 1 fully saturated rings. The highest BCUT2D eigenvalue weighted by atomic mass is 19.4. The van der Waals surface area contributed by atoms with Gasteiger partial charge in [0.1, 0.15) is 0 Å². The number of hydrogen-bond donors (Lipinski definition) is 0. The molecule has 1 unspecified atom stereocenters. The fourth-order valence-electron chi connectivity index (χ4n) is 3.14. The Kier molecular flexibility index (Phi) is 4.59. The van der Waals surface area contributed by atoms with Gasteiger partial charge < -0.3 is 9.47 Å². The number of aromatic nitrogens is 2. The largest absolute Gasteiger partial charge is 0.416 e. The van der Waals surface area contributed by atoms with Crippen molar-refractivity contribution in [3.8, 4) is 0 Å². The predicted octanol–water partition coefficient (Wildman–Crippen LogP) is 3.31. The van der Waals surface area contributed by atoms with Crippen molar-refractivity contribution in [2.45, 2.75) is 31.5 Å². The van der Waals surface area contributed by atoms with E-state index in [0.29, 0.717) is 13.1 Å². The lowest BCUT2D eigenvalue weighted by Gasteiger charge is -2.33. The number of nitrogens with zero attached hydrogens (tertiary/aromatic N) is 3. The summed E-state index contributed by atoms with van der Waals surface area (Å²) in [5, 5.41) is 0. The van der Waals surface area contributed by atoms with Crippen LogP contribution < -0.4 is 0 Å². The summed E-state index contributed by atoms with van der Waals surface area (Å²) in [7, 11) is 0. The number of hydrogen-bond acceptors (Lipinski definition) is 2. The first-order valence-electron chi connectivity index (χ1n) is 7.85. The Morgan fingerprint density at radius 1 is 1.29 bits per heavy atom. The van der Waals surface area contributed by atoms with Crippen LogP contribution in [0.3, 0.4) is 0 Å². The quantitative estimate of drug-likeness (QED) is 0.862. The SMILES string of the molecule is O=C(Cc1ccccc1C(F)(F)F)N1CCCC(n2ccnc2)C1. The average molecular weight is 337 g/mol. The molecule has 1 amide bonds. The Balaban J connectivity index is 1.71. The molecular formula is C17H18F3N3O. The summed E-state index contributed by atoms with van der Waals surface area (Å²) < 4.78 is 41.1. The van der Waals surface area contributed by atoms with Crippen molar-refractivity contribution in [2.24, 2.45) is 0 Å². The molecule has 7 heteroatoms. The van der Waals surface area contributed by atoms with E-state index >= 15 is 0 Å². The van der Waals surface area contributed by atoms with Crippen LogP contribution in [0.5, 0.6) is 0 Å². The van der Waals surface area contributed by atoms with Crippen LogP contribution in [-0.2, 0) is 17.4 Å². The number of piperidine rings is 1. The van der Waals surface area contributed by atoms with Crippen molar-refractivity contribution in [3.05, 3.63) is 54.1 Å². The second-order valence-corrected chi connectivity index (χ2v) is 5.98. The van der Waals surface area contributed by atoms with Crippen molar-refractivity contribution >= 4 is 5.91 Å². The van der Waals surface area contributed by atoms with E-state index in [2.05, 4.69) is 4.98 Å². The van der Waals surface area contributed by atoms with Gasteiger partial charge in [0.15, 0.2) is 0 Å². The van der Waals surface area contributed by atoms with Gasteiger partial charge in [-0.1, -0.05) is 18.2 Å². The molecule has 2 heterocycles. The molecule has 1 atom stereocenters. The normalized spacial score (nSPS) is 18.6. The number of benzene rings is 1. The predicted molar refractivity (Wildman–Crippen MR) is 82.2 cm³/mol. The first kappa shape index (κ1) is 16.5. The van der Waals surface area contributed by atoms with Crippen LogP contribution in [0.4, 0.5) is 13.2 Å². The zero-order valence-electron chi connectivity index (χ0n) is 13.0. The van der Waals surface area contributed by atoms with E-state index in [4.69, 9.17) is 0 Å². The summed E-state index contributed by atoms with van der Waals surface area (Å²) in [4.78, 5) is 18.2. The molecular weight excluding hydrogens is 319 g/mol. The summed E-state index contributed by atoms with van der Waals surface area (Å²) >= 11 is 0. The summed E-state index contributed by atoms with van der Waals surface area (Å²) in [5.41, 5.74) is -0.707. The van der Waals surface area contributed by atoms with Crippen molar-refractivity contribution in [1.29, 1.82) is 0 Å². The van der Waals surface area contributed by atoms with Gasteiger partial charge in [0, 0.05) is 25.5 Å². The summed E-state index contributed by atoms with van der Waals surface area (Å²) in [6.07, 6.45) is 2.31. The van der Waals surface area contributed by atoms with Crippen molar-refractivity contribution < 1.29 is 18.0 Å². The molecule has 0 bridgehead atoms. The van der Waals surface area contributed by atoms with E-state index in [1.54, 1.807) is 17.4 Å². The third-order valence-corrected chi connectivity index (χ3v) is 4.36. The molecule has 1 aliphatic rings. The molecule has 3 rings (SSSR count). The summed E-state index contributed by atoms with van der Waals surface area (Å²) in [5.74, 6) is -0.267. The van der Waals surface area contributed by atoms with E-state index in [-0.39, 0.29) is 23.9 Å². The molecule has 0 saturated carbocycles. The van der Waals surface area contributed by atoms with Crippen molar-refractivity contribution in [1.82, 2.24) is 14.5 Å². The second kappa shape index (κ2) is 6.67. The van der Waals surface area contributed by atoms with E-state index in [1.165, 1.54) is 18.2 Å². The maximum absolute atomic E-state index is 13.1. The van der Waals surface area contributed by atoms with Crippen LogP contribution in [-0.4, -0.2) is 33.4 Å². The van der Waals surface area contributed by atoms with Crippen LogP contribution in [0.15, 0.2) is 43.0 Å². The molecule has 128 valence electrons. The highest BCUT2D eigenvalue weighted by Crippen LogP contribution is 2.32. The number of rotatable bonds is 3. The van der Waals surface area contributed by atoms with Gasteiger partial charge >= 0.3 is 6.18 Å². The third kappa shape index (κ3) is 3.60. The van der Waals surface area contributed by atoms with Gasteiger partial charge in [-0.05, 0) is 24.5 Å². The van der Waals surface area contributed by atoms with Gasteiger partial charge in [0.25, 0.3) is 0 Å². The van der Waals surface area contributed by atoms with Crippen LogP contribution >= 0.6 is 0 Å². The van der Waals surface area contributed by atoms with Crippen molar-refractivity contribution in [3.63, 3.8) is 0 Å².